The molecular weight excluding hydrogens is 270 g/mol. The van der Waals surface area contributed by atoms with Gasteiger partial charge < -0.3 is 11.1 Å². The number of carbonyl (C=O) groups is 1. The van der Waals surface area contributed by atoms with Crippen molar-refractivity contribution in [3.05, 3.63) is 12.2 Å². The Labute approximate surface area is 112 Å². The molecule has 0 fully saturated rings. The number of nitrogens with one attached hydrogen (secondary N) is 2. The van der Waals surface area contributed by atoms with Crippen molar-refractivity contribution < 1.29 is 13.2 Å². The van der Waals surface area contributed by atoms with E-state index in [1.165, 1.54) is 6.33 Å². The minimum atomic E-state index is -3.09. The lowest BCUT2D eigenvalue weighted by atomic mass is 10.2. The van der Waals surface area contributed by atoms with Crippen LogP contribution in [0.2, 0.25) is 0 Å². The van der Waals surface area contributed by atoms with Crippen molar-refractivity contribution >= 4 is 15.7 Å². The van der Waals surface area contributed by atoms with Crippen LogP contribution in [0.4, 0.5) is 0 Å². The lowest BCUT2D eigenvalue weighted by Crippen LogP contribution is -2.42. The fraction of sp³-hybridized carbons (Fsp3) is 0.700. The molecule has 19 heavy (non-hydrogen) atoms. The van der Waals surface area contributed by atoms with Crippen molar-refractivity contribution in [2.24, 2.45) is 5.73 Å². The van der Waals surface area contributed by atoms with Crippen LogP contribution in [0.5, 0.6) is 0 Å². The number of carbonyl (C=O) groups excluding carboxylic acids is 1. The summed E-state index contributed by atoms with van der Waals surface area (Å²) in [6.45, 7) is 0.464. The number of rotatable bonds is 8. The number of hydrogen-bond acceptors (Lipinski definition) is 6. The molecule has 0 spiro atoms. The van der Waals surface area contributed by atoms with E-state index in [4.69, 9.17) is 5.73 Å². The van der Waals surface area contributed by atoms with Crippen molar-refractivity contribution in [1.29, 1.82) is 0 Å². The van der Waals surface area contributed by atoms with Crippen LogP contribution in [0, 0.1) is 0 Å². The standard InChI is InChI=1S/C10H19N5O3S/c1-19(17,18)6-4-8(11)10(16)12-5-2-3-9-13-7-14-15-9/h7-8H,2-6,11H2,1H3,(H,12,16)(H,13,14,15). The molecular formula is C10H19N5O3S. The van der Waals surface area contributed by atoms with Gasteiger partial charge in [0.25, 0.3) is 0 Å². The molecule has 1 aromatic heterocycles. The number of aromatic amines is 1. The molecule has 0 aliphatic carbocycles. The van der Waals surface area contributed by atoms with E-state index in [2.05, 4.69) is 20.5 Å². The average molecular weight is 289 g/mol. The highest BCUT2D eigenvalue weighted by Crippen LogP contribution is 1.95. The zero-order valence-electron chi connectivity index (χ0n) is 10.8. The molecule has 0 saturated heterocycles. The summed E-state index contributed by atoms with van der Waals surface area (Å²) in [5.74, 6) is 0.344. The molecule has 1 rings (SSSR count). The monoisotopic (exact) mass is 289 g/mol. The summed E-state index contributed by atoms with van der Waals surface area (Å²) >= 11 is 0. The summed E-state index contributed by atoms with van der Waals surface area (Å²) in [6, 6.07) is -0.792. The van der Waals surface area contributed by atoms with E-state index >= 15 is 0 Å². The summed E-state index contributed by atoms with van der Waals surface area (Å²) in [5.41, 5.74) is 5.60. The Morgan fingerprint density at radius 2 is 2.32 bits per heavy atom. The van der Waals surface area contributed by atoms with E-state index in [0.29, 0.717) is 19.4 Å². The third-order valence-corrected chi connectivity index (χ3v) is 3.47. The van der Waals surface area contributed by atoms with Gasteiger partial charge in [0.2, 0.25) is 5.91 Å². The average Bonchev–Trinajstić information content (AvgIpc) is 2.83. The van der Waals surface area contributed by atoms with E-state index in [-0.39, 0.29) is 18.1 Å². The first-order valence-corrected chi connectivity index (χ1v) is 8.00. The minimum Gasteiger partial charge on any atom is -0.355 e. The molecule has 0 aliphatic rings. The molecule has 8 nitrogen and oxygen atoms in total. The van der Waals surface area contributed by atoms with Gasteiger partial charge in [0.15, 0.2) is 0 Å². The molecule has 0 bridgehead atoms. The number of aromatic nitrogens is 3. The second-order valence-corrected chi connectivity index (χ2v) is 6.61. The van der Waals surface area contributed by atoms with Gasteiger partial charge in [-0.25, -0.2) is 13.4 Å². The van der Waals surface area contributed by atoms with E-state index in [9.17, 15) is 13.2 Å². The van der Waals surface area contributed by atoms with Gasteiger partial charge in [-0.05, 0) is 12.8 Å². The Morgan fingerprint density at radius 3 is 2.89 bits per heavy atom. The number of hydrogen-bond donors (Lipinski definition) is 3. The van der Waals surface area contributed by atoms with E-state index < -0.39 is 15.9 Å². The van der Waals surface area contributed by atoms with E-state index in [1.54, 1.807) is 0 Å². The highest BCUT2D eigenvalue weighted by atomic mass is 32.2. The Morgan fingerprint density at radius 1 is 1.58 bits per heavy atom. The predicted molar refractivity (Wildman–Crippen MR) is 70.0 cm³/mol. The van der Waals surface area contributed by atoms with Crippen molar-refractivity contribution in [2.45, 2.75) is 25.3 Å². The SMILES string of the molecule is CS(=O)(=O)CCC(N)C(=O)NCCCc1ncn[nH]1. The third kappa shape index (κ3) is 6.87. The Balaban J connectivity index is 2.16. The van der Waals surface area contributed by atoms with Crippen molar-refractivity contribution in [3.8, 4) is 0 Å². The highest BCUT2D eigenvalue weighted by Gasteiger charge is 2.15. The Bertz CT molecular complexity index is 485. The summed E-state index contributed by atoms with van der Waals surface area (Å²) in [7, 11) is -3.09. The molecule has 0 saturated carbocycles. The lowest BCUT2D eigenvalue weighted by molar-refractivity contribution is -0.122. The second-order valence-electron chi connectivity index (χ2n) is 4.35. The van der Waals surface area contributed by atoms with Gasteiger partial charge >= 0.3 is 0 Å². The maximum atomic E-state index is 11.6. The van der Waals surface area contributed by atoms with Gasteiger partial charge in [-0.2, -0.15) is 5.10 Å². The molecule has 1 amide bonds. The van der Waals surface area contributed by atoms with Crippen LogP contribution in [-0.4, -0.2) is 54.1 Å². The summed E-state index contributed by atoms with van der Waals surface area (Å²) in [4.78, 5) is 15.5. The molecule has 0 radical (unpaired) electrons. The lowest BCUT2D eigenvalue weighted by Gasteiger charge is -2.11. The first kappa shape index (κ1) is 15.6. The number of H-pyrrole nitrogens is 1. The molecule has 1 aromatic rings. The number of nitrogens with zero attached hydrogens (tertiary/aromatic N) is 2. The summed E-state index contributed by atoms with van der Waals surface area (Å²) in [5, 5.41) is 9.09. The van der Waals surface area contributed by atoms with Crippen molar-refractivity contribution in [1.82, 2.24) is 20.5 Å². The highest BCUT2D eigenvalue weighted by molar-refractivity contribution is 7.90. The second kappa shape index (κ2) is 7.19. The fourth-order valence-electron chi connectivity index (χ4n) is 1.42. The number of nitrogens with two attached hydrogens (primary N) is 1. The maximum absolute atomic E-state index is 11.6. The smallest absolute Gasteiger partial charge is 0.236 e. The van der Waals surface area contributed by atoms with Crippen LogP contribution in [0.25, 0.3) is 0 Å². The van der Waals surface area contributed by atoms with Crippen molar-refractivity contribution in [3.63, 3.8) is 0 Å². The fourth-order valence-corrected chi connectivity index (χ4v) is 2.10. The third-order valence-electron chi connectivity index (χ3n) is 2.49. The van der Waals surface area contributed by atoms with Crippen LogP contribution in [-0.2, 0) is 21.1 Å². The van der Waals surface area contributed by atoms with Gasteiger partial charge in [-0.1, -0.05) is 0 Å². The quantitative estimate of drug-likeness (QED) is 0.505. The predicted octanol–water partition coefficient (Wildman–Crippen LogP) is -1.38. The van der Waals surface area contributed by atoms with E-state index in [1.807, 2.05) is 0 Å². The molecule has 4 N–H and O–H groups in total. The zero-order chi connectivity index (χ0) is 14.3. The number of sulfone groups is 1. The van der Waals surface area contributed by atoms with Gasteiger partial charge in [-0.15, -0.1) is 0 Å². The van der Waals surface area contributed by atoms with Crippen molar-refractivity contribution in [2.75, 3.05) is 18.6 Å². The molecule has 0 aliphatic heterocycles. The molecule has 108 valence electrons. The molecule has 1 unspecified atom stereocenters. The minimum absolute atomic E-state index is 0.0837. The Kier molecular flexibility index (Phi) is 5.90. The van der Waals surface area contributed by atoms with E-state index in [0.717, 1.165) is 12.1 Å². The van der Waals surface area contributed by atoms with Gasteiger partial charge in [0, 0.05) is 19.2 Å². The van der Waals surface area contributed by atoms with Gasteiger partial charge in [0.1, 0.15) is 22.0 Å². The first-order valence-electron chi connectivity index (χ1n) is 5.94. The molecule has 1 heterocycles. The number of aryl methyl sites for hydroxylation is 1. The molecule has 1 atom stereocenters. The van der Waals surface area contributed by atoms with Crippen LogP contribution in [0.3, 0.4) is 0 Å². The van der Waals surface area contributed by atoms with Crippen LogP contribution in [0.1, 0.15) is 18.7 Å². The van der Waals surface area contributed by atoms with Gasteiger partial charge in [-0.3, -0.25) is 9.89 Å². The van der Waals surface area contributed by atoms with Gasteiger partial charge in [0.05, 0.1) is 11.8 Å². The first-order chi connectivity index (χ1) is 8.88. The van der Waals surface area contributed by atoms with Crippen LogP contribution < -0.4 is 11.1 Å². The topological polar surface area (TPSA) is 131 Å². The molecule has 0 aromatic carbocycles. The maximum Gasteiger partial charge on any atom is 0.236 e. The number of amides is 1. The zero-order valence-corrected chi connectivity index (χ0v) is 11.6. The van der Waals surface area contributed by atoms with Crippen LogP contribution in [0.15, 0.2) is 6.33 Å². The summed E-state index contributed by atoms with van der Waals surface area (Å²) in [6.07, 6.45) is 4.06. The summed E-state index contributed by atoms with van der Waals surface area (Å²) < 4.78 is 21.9. The van der Waals surface area contributed by atoms with Crippen LogP contribution >= 0.6 is 0 Å². The normalized spacial score (nSPS) is 13.2. The largest absolute Gasteiger partial charge is 0.355 e. The molecule has 9 heteroatoms. The Hall–Kier alpha value is -1.48.